The highest BCUT2D eigenvalue weighted by Crippen LogP contribution is 2.06. The van der Waals surface area contributed by atoms with E-state index >= 15 is 0 Å². The van der Waals surface area contributed by atoms with Gasteiger partial charge < -0.3 is 9.64 Å². The fourth-order valence-corrected chi connectivity index (χ4v) is 0.980. The van der Waals surface area contributed by atoms with Crippen molar-refractivity contribution in [3.63, 3.8) is 0 Å². The molecule has 4 nitrogen and oxygen atoms in total. The van der Waals surface area contributed by atoms with Crippen LogP contribution in [-0.4, -0.2) is 37.9 Å². The Morgan fingerprint density at radius 3 is 2.82 bits per heavy atom. The first-order valence-corrected chi connectivity index (χ1v) is 3.81. The van der Waals surface area contributed by atoms with Crippen molar-refractivity contribution in [2.45, 2.75) is 19.1 Å². The smallest absolute Gasteiger partial charge is 0.410 e. The molecule has 1 aliphatic rings. The lowest BCUT2D eigenvalue weighted by molar-refractivity contribution is 0.0677. The second-order valence-electron chi connectivity index (χ2n) is 2.86. The highest BCUT2D eigenvalue weighted by atomic mass is 16.6. The van der Waals surface area contributed by atoms with Crippen LogP contribution in [-0.2, 0) is 4.74 Å². The van der Waals surface area contributed by atoms with E-state index in [0.29, 0.717) is 0 Å². The molecule has 0 radical (unpaired) electrons. The van der Waals surface area contributed by atoms with Crippen LogP contribution in [0.3, 0.4) is 0 Å². The van der Waals surface area contributed by atoms with Crippen LogP contribution in [0, 0.1) is 0 Å². The van der Waals surface area contributed by atoms with Crippen LogP contribution in [0.15, 0.2) is 0 Å². The second kappa shape index (κ2) is 3.57. The number of hydrogen-bond acceptors (Lipinski definition) is 3. The zero-order chi connectivity index (χ0) is 8.27. The van der Waals surface area contributed by atoms with E-state index in [1.54, 1.807) is 14.1 Å². The molecule has 64 valence electrons. The molecule has 1 unspecified atom stereocenters. The molecule has 1 fully saturated rings. The van der Waals surface area contributed by atoms with Gasteiger partial charge in [-0.3, -0.25) is 5.32 Å². The van der Waals surface area contributed by atoms with E-state index < -0.39 is 0 Å². The molecule has 1 saturated heterocycles. The molecule has 4 heteroatoms. The first kappa shape index (κ1) is 8.33. The van der Waals surface area contributed by atoms with Gasteiger partial charge in [-0.05, 0) is 19.4 Å². The summed E-state index contributed by atoms with van der Waals surface area (Å²) < 4.78 is 5.05. The molecule has 1 atom stereocenters. The molecule has 0 aromatic rings. The molecule has 0 spiro atoms. The second-order valence-corrected chi connectivity index (χ2v) is 2.86. The van der Waals surface area contributed by atoms with Crippen molar-refractivity contribution in [3.05, 3.63) is 0 Å². The van der Waals surface area contributed by atoms with Crippen molar-refractivity contribution in [2.75, 3.05) is 20.6 Å². The van der Waals surface area contributed by atoms with Crippen molar-refractivity contribution in [1.29, 1.82) is 0 Å². The maximum atomic E-state index is 11.0. The van der Waals surface area contributed by atoms with Crippen LogP contribution in [0.1, 0.15) is 12.8 Å². The highest BCUT2D eigenvalue weighted by molar-refractivity contribution is 5.66. The summed E-state index contributed by atoms with van der Waals surface area (Å²) in [5.41, 5.74) is 0. The van der Waals surface area contributed by atoms with Crippen molar-refractivity contribution in [3.8, 4) is 0 Å². The number of nitrogens with zero attached hydrogens (tertiary/aromatic N) is 1. The minimum atomic E-state index is -0.274. The van der Waals surface area contributed by atoms with Gasteiger partial charge in [-0.2, -0.15) is 0 Å². The van der Waals surface area contributed by atoms with Gasteiger partial charge in [-0.25, -0.2) is 4.79 Å². The number of hydrogen-bond donors (Lipinski definition) is 1. The number of nitrogens with one attached hydrogen (secondary N) is 1. The van der Waals surface area contributed by atoms with E-state index in [1.165, 1.54) is 4.90 Å². The first-order chi connectivity index (χ1) is 5.20. The van der Waals surface area contributed by atoms with Gasteiger partial charge in [0.25, 0.3) is 0 Å². The fourth-order valence-electron chi connectivity index (χ4n) is 0.980. The standard InChI is InChI=1S/C7H14N2O2/c1-9(2)7(10)11-6-4-3-5-8-6/h6,8H,3-5H2,1-2H3. The summed E-state index contributed by atoms with van der Waals surface area (Å²) in [7, 11) is 3.36. The van der Waals surface area contributed by atoms with Gasteiger partial charge in [0.05, 0.1) is 0 Å². The summed E-state index contributed by atoms with van der Waals surface area (Å²) in [6.45, 7) is 0.950. The Balaban J connectivity index is 2.24. The molecule has 1 rings (SSSR count). The Morgan fingerprint density at radius 1 is 1.64 bits per heavy atom. The molecular formula is C7H14N2O2. The van der Waals surface area contributed by atoms with Gasteiger partial charge in [-0.1, -0.05) is 0 Å². The van der Waals surface area contributed by atoms with Crippen LogP contribution in [0.2, 0.25) is 0 Å². The van der Waals surface area contributed by atoms with Gasteiger partial charge in [0.15, 0.2) is 6.23 Å². The predicted molar refractivity (Wildman–Crippen MR) is 41.2 cm³/mol. The Morgan fingerprint density at radius 2 is 2.36 bits per heavy atom. The van der Waals surface area contributed by atoms with Crippen molar-refractivity contribution < 1.29 is 9.53 Å². The van der Waals surface area contributed by atoms with Gasteiger partial charge in [0, 0.05) is 14.1 Å². The SMILES string of the molecule is CN(C)C(=O)OC1CCCN1. The zero-order valence-electron chi connectivity index (χ0n) is 6.96. The molecule has 1 amide bonds. The Hall–Kier alpha value is -0.770. The Labute approximate surface area is 66.5 Å². The number of amides is 1. The van der Waals surface area contributed by atoms with E-state index in [2.05, 4.69) is 5.32 Å². The summed E-state index contributed by atoms with van der Waals surface area (Å²) in [6.07, 6.45) is 1.68. The molecule has 1 heterocycles. The lowest BCUT2D eigenvalue weighted by Crippen LogP contribution is -2.33. The molecule has 11 heavy (non-hydrogen) atoms. The topological polar surface area (TPSA) is 41.6 Å². The third kappa shape index (κ3) is 2.38. The molecular weight excluding hydrogens is 144 g/mol. The van der Waals surface area contributed by atoms with Crippen LogP contribution in [0.25, 0.3) is 0 Å². The quantitative estimate of drug-likeness (QED) is 0.600. The van der Waals surface area contributed by atoms with Gasteiger partial charge in [-0.15, -0.1) is 0 Å². The fraction of sp³-hybridized carbons (Fsp3) is 0.857. The van der Waals surface area contributed by atoms with Crippen molar-refractivity contribution >= 4 is 6.09 Å². The third-order valence-corrected chi connectivity index (χ3v) is 1.62. The average Bonchev–Trinajstić information content (AvgIpc) is 2.39. The summed E-state index contributed by atoms with van der Waals surface area (Å²) in [5, 5.41) is 3.07. The van der Waals surface area contributed by atoms with Crippen LogP contribution >= 0.6 is 0 Å². The summed E-state index contributed by atoms with van der Waals surface area (Å²) >= 11 is 0. The van der Waals surface area contributed by atoms with Crippen molar-refractivity contribution in [2.24, 2.45) is 0 Å². The summed E-state index contributed by atoms with van der Waals surface area (Å²) in [5.74, 6) is 0. The van der Waals surface area contributed by atoms with E-state index in [0.717, 1.165) is 19.4 Å². The molecule has 1 N–H and O–H groups in total. The lowest BCUT2D eigenvalue weighted by atomic mass is 10.4. The lowest BCUT2D eigenvalue weighted by Gasteiger charge is -2.15. The van der Waals surface area contributed by atoms with Gasteiger partial charge in [0.2, 0.25) is 0 Å². The van der Waals surface area contributed by atoms with Gasteiger partial charge >= 0.3 is 6.09 Å². The largest absolute Gasteiger partial charge is 0.430 e. The van der Waals surface area contributed by atoms with E-state index in [4.69, 9.17) is 4.74 Å². The van der Waals surface area contributed by atoms with E-state index in [1.807, 2.05) is 0 Å². The molecule has 0 aromatic carbocycles. The maximum Gasteiger partial charge on any atom is 0.410 e. The first-order valence-electron chi connectivity index (χ1n) is 3.81. The third-order valence-electron chi connectivity index (χ3n) is 1.62. The zero-order valence-corrected chi connectivity index (χ0v) is 6.96. The Bertz CT molecular complexity index is 141. The molecule has 0 saturated carbocycles. The summed E-state index contributed by atoms with van der Waals surface area (Å²) in [6, 6.07) is 0. The number of rotatable bonds is 1. The minimum Gasteiger partial charge on any atom is -0.430 e. The van der Waals surface area contributed by atoms with E-state index in [9.17, 15) is 4.79 Å². The number of carbonyl (C=O) groups is 1. The van der Waals surface area contributed by atoms with Crippen LogP contribution < -0.4 is 5.32 Å². The monoisotopic (exact) mass is 158 g/mol. The Kier molecular flexibility index (Phi) is 2.70. The summed E-state index contributed by atoms with van der Waals surface area (Å²) in [4.78, 5) is 12.4. The highest BCUT2D eigenvalue weighted by Gasteiger charge is 2.18. The number of carbonyl (C=O) groups excluding carboxylic acids is 1. The predicted octanol–water partition coefficient (Wildman–Crippen LogP) is 0.394. The maximum absolute atomic E-state index is 11.0. The molecule has 0 aliphatic carbocycles. The van der Waals surface area contributed by atoms with Crippen molar-refractivity contribution in [1.82, 2.24) is 10.2 Å². The number of ether oxygens (including phenoxy) is 1. The molecule has 0 aromatic heterocycles. The minimum absolute atomic E-state index is 0.0649. The van der Waals surface area contributed by atoms with E-state index in [-0.39, 0.29) is 12.3 Å². The average molecular weight is 158 g/mol. The molecule has 1 aliphatic heterocycles. The van der Waals surface area contributed by atoms with Gasteiger partial charge in [0.1, 0.15) is 0 Å². The van der Waals surface area contributed by atoms with Crippen LogP contribution in [0.4, 0.5) is 4.79 Å². The van der Waals surface area contributed by atoms with Crippen LogP contribution in [0.5, 0.6) is 0 Å². The molecule has 0 bridgehead atoms. The normalized spacial score (nSPS) is 23.3.